The number of amides is 1. The number of carbonyl (C=O) groups is 1. The quantitative estimate of drug-likeness (QED) is 0.429. The lowest BCUT2D eigenvalue weighted by Crippen LogP contribution is -2.52. The molecular weight excluding hydrogens is 623 g/mol. The van der Waals surface area contributed by atoms with Gasteiger partial charge in [-0.3, -0.25) is 4.90 Å². The van der Waals surface area contributed by atoms with E-state index < -0.39 is 46.3 Å². The molecule has 4 rings (SSSR count). The summed E-state index contributed by atoms with van der Waals surface area (Å²) in [7, 11) is -3.35. The number of anilines is 1. The summed E-state index contributed by atoms with van der Waals surface area (Å²) in [6, 6.07) is 3.34. The van der Waals surface area contributed by atoms with Crippen molar-refractivity contribution in [2.75, 3.05) is 63.5 Å². The van der Waals surface area contributed by atoms with Crippen molar-refractivity contribution in [3.63, 3.8) is 0 Å². The maximum atomic E-state index is 13.6. The number of ether oxygens (including phenoxy) is 1. The Kier molecular flexibility index (Phi) is 9.17. The zero-order valence-electron chi connectivity index (χ0n) is 23.0. The Morgan fingerprint density at radius 2 is 1.44 bits per heavy atom. The molecule has 3 heterocycles. The standard InChI is InChI=1S/C25H31F9N4O4S/c1-43(40,41)38-8-5-22(6-9-38)4-7-37(16-22)19-14-18(23(26,27)28)3-2-17(19)15-35-10-12-36(13-11-35)21(39)42-20(24(29,30)31)25(32,33)34/h2-3,14,20H,4-13,15-16H2,1H3. The number of carbonyl (C=O) groups excluding carboxylic acids is 1. The van der Waals surface area contributed by atoms with Crippen LogP contribution in [0.2, 0.25) is 0 Å². The number of piperazine rings is 1. The number of hydrogen-bond donors (Lipinski definition) is 0. The highest BCUT2D eigenvalue weighted by atomic mass is 32.2. The van der Waals surface area contributed by atoms with Crippen LogP contribution in [0.4, 0.5) is 50.0 Å². The Morgan fingerprint density at radius 3 is 1.95 bits per heavy atom. The van der Waals surface area contributed by atoms with E-state index in [0.29, 0.717) is 56.7 Å². The van der Waals surface area contributed by atoms with Crippen molar-refractivity contribution in [2.24, 2.45) is 5.41 Å². The normalized spacial score (nSPS) is 21.2. The van der Waals surface area contributed by atoms with Crippen molar-refractivity contribution < 1.29 is 57.5 Å². The van der Waals surface area contributed by atoms with Gasteiger partial charge in [0.1, 0.15) is 0 Å². The number of alkyl halides is 9. The number of sulfonamides is 1. The Bertz CT molecular complexity index is 1260. The molecule has 18 heteroatoms. The van der Waals surface area contributed by atoms with E-state index in [2.05, 4.69) is 4.74 Å². The van der Waals surface area contributed by atoms with Crippen LogP contribution in [-0.2, 0) is 27.5 Å². The Labute approximate surface area is 242 Å². The molecule has 244 valence electrons. The zero-order valence-corrected chi connectivity index (χ0v) is 23.8. The molecule has 3 aliphatic heterocycles. The summed E-state index contributed by atoms with van der Waals surface area (Å²) >= 11 is 0. The van der Waals surface area contributed by atoms with Crippen molar-refractivity contribution in [3.05, 3.63) is 29.3 Å². The largest absolute Gasteiger partial charge is 0.434 e. The van der Waals surface area contributed by atoms with Gasteiger partial charge in [-0.1, -0.05) is 6.07 Å². The highest BCUT2D eigenvalue weighted by Crippen LogP contribution is 2.44. The van der Waals surface area contributed by atoms with Gasteiger partial charge >= 0.3 is 24.6 Å². The Morgan fingerprint density at radius 1 is 0.884 bits per heavy atom. The smallest absolute Gasteiger partial charge is 0.426 e. The van der Waals surface area contributed by atoms with E-state index in [1.807, 2.05) is 4.90 Å². The van der Waals surface area contributed by atoms with Crippen LogP contribution in [0.3, 0.4) is 0 Å². The molecule has 1 spiro atoms. The van der Waals surface area contributed by atoms with E-state index in [9.17, 15) is 52.7 Å². The molecule has 1 aromatic carbocycles. The number of piperidine rings is 1. The number of benzene rings is 1. The number of hydrogen-bond acceptors (Lipinski definition) is 6. The first-order valence-electron chi connectivity index (χ1n) is 13.4. The number of halogens is 9. The second-order valence-electron chi connectivity index (χ2n) is 11.3. The minimum Gasteiger partial charge on any atom is -0.426 e. The Balaban J connectivity index is 1.44. The fourth-order valence-corrected chi connectivity index (χ4v) is 6.68. The van der Waals surface area contributed by atoms with Crippen molar-refractivity contribution in [1.82, 2.24) is 14.1 Å². The van der Waals surface area contributed by atoms with Gasteiger partial charge in [0.05, 0.1) is 11.8 Å². The van der Waals surface area contributed by atoms with Crippen LogP contribution < -0.4 is 4.90 Å². The summed E-state index contributed by atoms with van der Waals surface area (Å²) in [4.78, 5) is 16.4. The summed E-state index contributed by atoms with van der Waals surface area (Å²) in [5.41, 5.74) is -0.236. The van der Waals surface area contributed by atoms with Gasteiger partial charge < -0.3 is 14.5 Å². The van der Waals surface area contributed by atoms with E-state index in [0.717, 1.165) is 23.3 Å². The van der Waals surface area contributed by atoms with Crippen LogP contribution in [0.25, 0.3) is 0 Å². The summed E-state index contributed by atoms with van der Waals surface area (Å²) in [5, 5.41) is 0. The molecule has 8 nitrogen and oxygen atoms in total. The molecule has 0 bridgehead atoms. The fraction of sp³-hybridized carbons (Fsp3) is 0.720. The number of nitrogens with zero attached hydrogens (tertiary/aromatic N) is 4. The van der Waals surface area contributed by atoms with Gasteiger partial charge in [0, 0.05) is 64.6 Å². The third-order valence-corrected chi connectivity index (χ3v) is 9.58. The van der Waals surface area contributed by atoms with E-state index in [4.69, 9.17) is 0 Å². The highest BCUT2D eigenvalue weighted by Gasteiger charge is 2.60. The topological polar surface area (TPSA) is 73.4 Å². The van der Waals surface area contributed by atoms with E-state index >= 15 is 0 Å². The van der Waals surface area contributed by atoms with Crippen molar-refractivity contribution >= 4 is 21.8 Å². The van der Waals surface area contributed by atoms with Gasteiger partial charge in [-0.15, -0.1) is 0 Å². The van der Waals surface area contributed by atoms with Crippen LogP contribution in [0.5, 0.6) is 0 Å². The molecule has 0 unspecified atom stereocenters. The average Bonchev–Trinajstić information content (AvgIpc) is 3.28. The molecule has 0 N–H and O–H groups in total. The summed E-state index contributed by atoms with van der Waals surface area (Å²) < 4.78 is 146. The van der Waals surface area contributed by atoms with E-state index in [-0.39, 0.29) is 38.1 Å². The van der Waals surface area contributed by atoms with Crippen molar-refractivity contribution in [3.8, 4) is 0 Å². The maximum Gasteiger partial charge on any atom is 0.434 e. The molecule has 3 aliphatic rings. The van der Waals surface area contributed by atoms with Crippen LogP contribution in [-0.4, -0.2) is 106 Å². The summed E-state index contributed by atoms with van der Waals surface area (Å²) in [6.45, 7) is 1.21. The molecule has 0 aliphatic carbocycles. The monoisotopic (exact) mass is 654 g/mol. The fourth-order valence-electron chi connectivity index (χ4n) is 5.83. The molecule has 1 amide bonds. The molecule has 0 atom stereocenters. The first kappa shape index (κ1) is 33.4. The average molecular weight is 655 g/mol. The zero-order chi connectivity index (χ0) is 32.0. The van der Waals surface area contributed by atoms with E-state index in [1.54, 1.807) is 4.90 Å². The minimum atomic E-state index is -5.84. The second-order valence-corrected chi connectivity index (χ2v) is 13.3. The van der Waals surface area contributed by atoms with Gasteiger partial charge in [-0.25, -0.2) is 17.5 Å². The van der Waals surface area contributed by atoms with Crippen LogP contribution in [0, 0.1) is 5.41 Å². The predicted molar refractivity (Wildman–Crippen MR) is 136 cm³/mol. The van der Waals surface area contributed by atoms with Gasteiger partial charge in [0.15, 0.2) is 0 Å². The van der Waals surface area contributed by atoms with Crippen molar-refractivity contribution in [1.29, 1.82) is 0 Å². The summed E-state index contributed by atoms with van der Waals surface area (Å²) in [6.07, 6.45) is -19.4. The molecule has 43 heavy (non-hydrogen) atoms. The number of rotatable bonds is 5. The van der Waals surface area contributed by atoms with Gasteiger partial charge in [-0.05, 0) is 42.4 Å². The minimum absolute atomic E-state index is 0.0313. The first-order chi connectivity index (χ1) is 19.7. The predicted octanol–water partition coefficient (Wildman–Crippen LogP) is 4.70. The van der Waals surface area contributed by atoms with Crippen LogP contribution in [0.1, 0.15) is 30.4 Å². The van der Waals surface area contributed by atoms with Crippen LogP contribution in [0.15, 0.2) is 18.2 Å². The second kappa shape index (κ2) is 11.8. The lowest BCUT2D eigenvalue weighted by atomic mass is 9.78. The maximum absolute atomic E-state index is 13.6. The molecule has 3 saturated heterocycles. The lowest BCUT2D eigenvalue weighted by molar-refractivity contribution is -0.308. The van der Waals surface area contributed by atoms with Crippen molar-refractivity contribution in [2.45, 2.75) is 50.4 Å². The van der Waals surface area contributed by atoms with Gasteiger partial charge in [0.2, 0.25) is 10.0 Å². The van der Waals surface area contributed by atoms with Crippen LogP contribution >= 0.6 is 0 Å². The first-order valence-corrected chi connectivity index (χ1v) is 15.2. The highest BCUT2D eigenvalue weighted by molar-refractivity contribution is 7.88. The molecule has 0 saturated carbocycles. The Hall–Kier alpha value is -2.47. The molecule has 0 aromatic heterocycles. The van der Waals surface area contributed by atoms with Gasteiger partial charge in [0.25, 0.3) is 6.10 Å². The molecular formula is C25H31F9N4O4S. The molecule has 3 fully saturated rings. The SMILES string of the molecule is CS(=O)(=O)N1CCC2(CCN(c3cc(C(F)(F)F)ccc3CN3CCN(C(=O)OC(C(F)(F)F)C(F)(F)F)CC3)C2)CC1. The third-order valence-electron chi connectivity index (χ3n) is 8.28. The third kappa shape index (κ3) is 7.98. The lowest BCUT2D eigenvalue weighted by Gasteiger charge is -2.38. The van der Waals surface area contributed by atoms with Gasteiger partial charge in [-0.2, -0.15) is 39.5 Å². The summed E-state index contributed by atoms with van der Waals surface area (Å²) in [5.74, 6) is 0. The molecule has 0 radical (unpaired) electrons. The molecule has 1 aromatic rings. The van der Waals surface area contributed by atoms with E-state index in [1.165, 1.54) is 10.4 Å².